The molecule has 1 N–H and O–H groups in total. The second-order valence-electron chi connectivity index (χ2n) is 3.79. The van der Waals surface area contributed by atoms with Crippen molar-refractivity contribution < 1.29 is 9.90 Å². The van der Waals surface area contributed by atoms with Crippen LogP contribution in [0.15, 0.2) is 23.1 Å². The summed E-state index contributed by atoms with van der Waals surface area (Å²) in [6, 6.07) is 6.53. The minimum Gasteiger partial charge on any atom is -0.481 e. The van der Waals surface area contributed by atoms with Crippen molar-refractivity contribution in [1.82, 2.24) is 0 Å². The molecule has 0 fully saturated rings. The molecule has 2 rings (SSSR count). The Balaban J connectivity index is 1.95. The molecule has 0 amide bonds. The van der Waals surface area contributed by atoms with Crippen LogP contribution in [0.25, 0.3) is 0 Å². The Kier molecular flexibility index (Phi) is 3.31. The minimum absolute atomic E-state index is 0.270. The van der Waals surface area contributed by atoms with E-state index in [-0.39, 0.29) is 6.42 Å². The first kappa shape index (κ1) is 10.6. The Morgan fingerprint density at radius 3 is 3.13 bits per heavy atom. The maximum absolute atomic E-state index is 10.4. The van der Waals surface area contributed by atoms with Crippen LogP contribution in [0.3, 0.4) is 0 Å². The zero-order valence-electron chi connectivity index (χ0n) is 8.53. The average Bonchev–Trinajstić information content (AvgIpc) is 2.64. The lowest BCUT2D eigenvalue weighted by molar-refractivity contribution is -0.137. The van der Waals surface area contributed by atoms with Gasteiger partial charge in [-0.2, -0.15) is 0 Å². The van der Waals surface area contributed by atoms with Crippen molar-refractivity contribution in [1.29, 1.82) is 0 Å². The van der Waals surface area contributed by atoms with Crippen LogP contribution in [0, 0.1) is 0 Å². The highest BCUT2D eigenvalue weighted by Gasteiger charge is 2.11. The summed E-state index contributed by atoms with van der Waals surface area (Å²) in [4.78, 5) is 11.8. The van der Waals surface area contributed by atoms with Crippen LogP contribution in [0.2, 0.25) is 0 Å². The SMILES string of the molecule is O=C(O)CCCc1ccc2c(c1)CCS2. The third-order valence-electron chi connectivity index (χ3n) is 2.61. The zero-order chi connectivity index (χ0) is 10.7. The molecule has 0 aliphatic carbocycles. The van der Waals surface area contributed by atoms with Crippen LogP contribution in [0.4, 0.5) is 0 Å². The Hall–Kier alpha value is -0.960. The normalized spacial score (nSPS) is 13.9. The number of aliphatic carboxylic acids is 1. The number of carboxylic acids is 1. The van der Waals surface area contributed by atoms with Crippen molar-refractivity contribution in [3.63, 3.8) is 0 Å². The van der Waals surface area contributed by atoms with Crippen LogP contribution >= 0.6 is 11.8 Å². The van der Waals surface area contributed by atoms with E-state index in [2.05, 4.69) is 18.2 Å². The molecule has 0 spiro atoms. The summed E-state index contributed by atoms with van der Waals surface area (Å²) in [7, 11) is 0. The monoisotopic (exact) mass is 222 g/mol. The van der Waals surface area contributed by atoms with Crippen molar-refractivity contribution in [2.45, 2.75) is 30.6 Å². The van der Waals surface area contributed by atoms with Crippen molar-refractivity contribution in [3.05, 3.63) is 29.3 Å². The number of rotatable bonds is 4. The fourth-order valence-electron chi connectivity index (χ4n) is 1.84. The van der Waals surface area contributed by atoms with Crippen molar-refractivity contribution in [2.24, 2.45) is 0 Å². The molecule has 15 heavy (non-hydrogen) atoms. The fourth-order valence-corrected chi connectivity index (χ4v) is 2.89. The lowest BCUT2D eigenvalue weighted by atomic mass is 10.0. The standard InChI is InChI=1S/C12H14O2S/c13-12(14)3-1-2-9-4-5-11-10(8-9)6-7-15-11/h4-5,8H,1-3,6-7H2,(H,13,14). The van der Waals surface area contributed by atoms with Gasteiger partial charge in [0.2, 0.25) is 0 Å². The smallest absolute Gasteiger partial charge is 0.303 e. The number of thioether (sulfide) groups is 1. The van der Waals surface area contributed by atoms with Gasteiger partial charge in [-0.15, -0.1) is 11.8 Å². The zero-order valence-corrected chi connectivity index (χ0v) is 9.35. The molecule has 0 saturated heterocycles. The molecule has 0 bridgehead atoms. The van der Waals surface area contributed by atoms with E-state index in [1.165, 1.54) is 21.8 Å². The highest BCUT2D eigenvalue weighted by Crippen LogP contribution is 2.31. The molecule has 80 valence electrons. The molecule has 1 aromatic carbocycles. The number of carbonyl (C=O) groups is 1. The summed E-state index contributed by atoms with van der Waals surface area (Å²) >= 11 is 1.91. The second-order valence-corrected chi connectivity index (χ2v) is 4.92. The molecule has 1 aliphatic heterocycles. The van der Waals surface area contributed by atoms with E-state index >= 15 is 0 Å². The Bertz CT molecular complexity index is 374. The predicted octanol–water partition coefficient (Wildman–Crippen LogP) is 2.74. The van der Waals surface area contributed by atoms with Crippen LogP contribution in [-0.4, -0.2) is 16.8 Å². The third-order valence-corrected chi connectivity index (χ3v) is 3.73. The molecule has 0 unspecified atom stereocenters. The van der Waals surface area contributed by atoms with E-state index in [0.717, 1.165) is 19.3 Å². The van der Waals surface area contributed by atoms with E-state index in [1.54, 1.807) is 0 Å². The predicted molar refractivity (Wildman–Crippen MR) is 61.4 cm³/mol. The Morgan fingerprint density at radius 1 is 1.47 bits per heavy atom. The molecule has 0 aromatic heterocycles. The van der Waals surface area contributed by atoms with Crippen LogP contribution in [0.1, 0.15) is 24.0 Å². The van der Waals surface area contributed by atoms with Gasteiger partial charge in [0.1, 0.15) is 0 Å². The van der Waals surface area contributed by atoms with Gasteiger partial charge in [-0.05, 0) is 36.5 Å². The summed E-state index contributed by atoms with van der Waals surface area (Å²) in [6.45, 7) is 0. The molecule has 0 radical (unpaired) electrons. The first-order valence-corrected chi connectivity index (χ1v) is 6.20. The van der Waals surface area contributed by atoms with Gasteiger partial charge in [0, 0.05) is 17.1 Å². The van der Waals surface area contributed by atoms with Gasteiger partial charge < -0.3 is 5.11 Å². The third kappa shape index (κ3) is 2.75. The molecular weight excluding hydrogens is 208 g/mol. The summed E-state index contributed by atoms with van der Waals surface area (Å²) < 4.78 is 0. The summed E-state index contributed by atoms with van der Waals surface area (Å²) in [6.07, 6.45) is 3.05. The van der Waals surface area contributed by atoms with Crippen molar-refractivity contribution >= 4 is 17.7 Å². The molecule has 1 aliphatic rings. The molecule has 1 heterocycles. The van der Waals surface area contributed by atoms with E-state index in [1.807, 2.05) is 11.8 Å². The molecule has 3 heteroatoms. The number of fused-ring (bicyclic) bond motifs is 1. The number of hydrogen-bond acceptors (Lipinski definition) is 2. The van der Waals surface area contributed by atoms with Gasteiger partial charge in [0.15, 0.2) is 0 Å². The Morgan fingerprint density at radius 2 is 2.33 bits per heavy atom. The maximum atomic E-state index is 10.4. The van der Waals surface area contributed by atoms with Gasteiger partial charge in [-0.3, -0.25) is 4.79 Å². The fraction of sp³-hybridized carbons (Fsp3) is 0.417. The summed E-state index contributed by atoms with van der Waals surface area (Å²) in [5.74, 6) is 0.486. The molecule has 2 nitrogen and oxygen atoms in total. The van der Waals surface area contributed by atoms with Gasteiger partial charge in [0.25, 0.3) is 0 Å². The first-order valence-electron chi connectivity index (χ1n) is 5.22. The molecular formula is C12H14O2S. The van der Waals surface area contributed by atoms with E-state index in [9.17, 15) is 4.79 Å². The van der Waals surface area contributed by atoms with Crippen LogP contribution in [-0.2, 0) is 17.6 Å². The second kappa shape index (κ2) is 4.71. The van der Waals surface area contributed by atoms with Gasteiger partial charge in [-0.1, -0.05) is 12.1 Å². The average molecular weight is 222 g/mol. The highest BCUT2D eigenvalue weighted by atomic mass is 32.2. The first-order chi connectivity index (χ1) is 7.25. The number of carboxylic acid groups (broad SMARTS) is 1. The molecule has 1 aromatic rings. The molecule has 0 atom stereocenters. The van der Waals surface area contributed by atoms with Gasteiger partial charge in [-0.25, -0.2) is 0 Å². The lowest BCUT2D eigenvalue weighted by Gasteiger charge is -2.03. The summed E-state index contributed by atoms with van der Waals surface area (Å²) in [5, 5.41) is 8.54. The van der Waals surface area contributed by atoms with E-state index < -0.39 is 5.97 Å². The Labute approximate surface area is 93.7 Å². The quantitative estimate of drug-likeness (QED) is 0.851. The number of benzene rings is 1. The summed E-state index contributed by atoms with van der Waals surface area (Å²) in [5.41, 5.74) is 2.71. The lowest BCUT2D eigenvalue weighted by Crippen LogP contribution is -1.96. The van der Waals surface area contributed by atoms with E-state index in [0.29, 0.717) is 0 Å². The van der Waals surface area contributed by atoms with Gasteiger partial charge in [0.05, 0.1) is 0 Å². The number of hydrogen-bond donors (Lipinski definition) is 1. The van der Waals surface area contributed by atoms with Crippen LogP contribution in [0.5, 0.6) is 0 Å². The molecule has 0 saturated carbocycles. The van der Waals surface area contributed by atoms with Crippen molar-refractivity contribution in [2.75, 3.05) is 5.75 Å². The van der Waals surface area contributed by atoms with Crippen molar-refractivity contribution in [3.8, 4) is 0 Å². The van der Waals surface area contributed by atoms with E-state index in [4.69, 9.17) is 5.11 Å². The van der Waals surface area contributed by atoms with Gasteiger partial charge >= 0.3 is 5.97 Å². The minimum atomic E-state index is -0.702. The van der Waals surface area contributed by atoms with Crippen LogP contribution < -0.4 is 0 Å². The highest BCUT2D eigenvalue weighted by molar-refractivity contribution is 7.99. The topological polar surface area (TPSA) is 37.3 Å². The number of aryl methyl sites for hydroxylation is 2. The largest absolute Gasteiger partial charge is 0.481 e. The maximum Gasteiger partial charge on any atom is 0.303 e.